The molecule has 0 unspecified atom stereocenters. The molecule has 0 heterocycles. The van der Waals surface area contributed by atoms with Crippen LogP contribution in [0.5, 0.6) is 0 Å². The number of nitrogens with one attached hydrogen (secondary N) is 1. The Hall–Kier alpha value is -3.30. The van der Waals surface area contributed by atoms with Gasteiger partial charge in [0.25, 0.3) is 0 Å². The van der Waals surface area contributed by atoms with Crippen LogP contribution in [0, 0.1) is 11.8 Å². The molecule has 0 aliphatic rings. The van der Waals surface area contributed by atoms with Gasteiger partial charge in [-0.25, -0.2) is 9.59 Å². The zero-order valence-electron chi connectivity index (χ0n) is 16.2. The maximum absolute atomic E-state index is 12.2. The minimum absolute atomic E-state index is 0.253. The van der Waals surface area contributed by atoms with Crippen molar-refractivity contribution in [2.75, 3.05) is 26.0 Å². The van der Waals surface area contributed by atoms with Crippen molar-refractivity contribution in [3.05, 3.63) is 65.2 Å². The molecule has 0 spiro atoms. The molecule has 2 rings (SSSR count). The first-order chi connectivity index (χ1) is 13.4. The molecule has 0 saturated carbocycles. The van der Waals surface area contributed by atoms with Crippen LogP contribution in [0.2, 0.25) is 0 Å². The van der Waals surface area contributed by atoms with E-state index in [1.165, 1.54) is 12.0 Å². The van der Waals surface area contributed by atoms with Gasteiger partial charge < -0.3 is 20.1 Å². The third kappa shape index (κ3) is 6.45. The Kier molecular flexibility index (Phi) is 7.61. The molecule has 0 aromatic heterocycles. The van der Waals surface area contributed by atoms with E-state index >= 15 is 0 Å². The number of aliphatic hydroxyl groups excluding tert-OH is 1. The van der Waals surface area contributed by atoms with Gasteiger partial charge in [0.1, 0.15) is 0 Å². The maximum Gasteiger partial charge on any atom is 0.337 e. The Morgan fingerprint density at radius 3 is 2.43 bits per heavy atom. The van der Waals surface area contributed by atoms with Crippen LogP contribution in [0.4, 0.5) is 10.5 Å². The Morgan fingerprint density at radius 2 is 1.79 bits per heavy atom. The SMILES string of the molecule is COC(=O)c1cccc(C#Cc2cccc(NC(=O)N(C)CC[C@@H](C)O)c2)c1. The van der Waals surface area contributed by atoms with E-state index in [0.29, 0.717) is 29.8 Å². The molecule has 0 bridgehead atoms. The first-order valence-corrected chi connectivity index (χ1v) is 8.89. The summed E-state index contributed by atoms with van der Waals surface area (Å²) >= 11 is 0. The zero-order chi connectivity index (χ0) is 20.5. The van der Waals surface area contributed by atoms with Crippen LogP contribution in [0.15, 0.2) is 48.5 Å². The third-order valence-electron chi connectivity index (χ3n) is 3.98. The van der Waals surface area contributed by atoms with Gasteiger partial charge in [0.2, 0.25) is 0 Å². The third-order valence-corrected chi connectivity index (χ3v) is 3.98. The van der Waals surface area contributed by atoms with Gasteiger partial charge in [0.15, 0.2) is 0 Å². The number of ether oxygens (including phenoxy) is 1. The lowest BCUT2D eigenvalue weighted by Crippen LogP contribution is -2.33. The number of urea groups is 1. The number of carbonyl (C=O) groups excluding carboxylic acids is 2. The fourth-order valence-electron chi connectivity index (χ4n) is 2.36. The molecule has 2 aromatic rings. The molecule has 6 heteroatoms. The van der Waals surface area contributed by atoms with Gasteiger partial charge in [0.05, 0.1) is 18.8 Å². The van der Waals surface area contributed by atoms with Crippen LogP contribution in [-0.2, 0) is 4.74 Å². The maximum atomic E-state index is 12.2. The van der Waals surface area contributed by atoms with Crippen molar-refractivity contribution < 1.29 is 19.4 Å². The summed E-state index contributed by atoms with van der Waals surface area (Å²) in [6.07, 6.45) is 0.0617. The minimum Gasteiger partial charge on any atom is -0.465 e. The molecule has 146 valence electrons. The lowest BCUT2D eigenvalue weighted by atomic mass is 10.1. The smallest absolute Gasteiger partial charge is 0.337 e. The second kappa shape index (κ2) is 10.1. The number of nitrogens with zero attached hydrogens (tertiary/aromatic N) is 1. The summed E-state index contributed by atoms with van der Waals surface area (Å²) in [6, 6.07) is 13.8. The van der Waals surface area contributed by atoms with E-state index < -0.39 is 12.1 Å². The Bertz CT molecular complexity index is 897. The Balaban J connectivity index is 2.07. The van der Waals surface area contributed by atoms with Crippen molar-refractivity contribution in [1.82, 2.24) is 4.90 Å². The summed E-state index contributed by atoms with van der Waals surface area (Å²) in [5, 5.41) is 12.1. The highest BCUT2D eigenvalue weighted by Crippen LogP contribution is 2.12. The van der Waals surface area contributed by atoms with Crippen molar-refractivity contribution in [2.45, 2.75) is 19.4 Å². The first kappa shape index (κ1) is 21.0. The summed E-state index contributed by atoms with van der Waals surface area (Å²) in [7, 11) is 3.01. The van der Waals surface area contributed by atoms with E-state index in [9.17, 15) is 14.7 Å². The number of carbonyl (C=O) groups is 2. The summed E-state index contributed by atoms with van der Waals surface area (Å²) in [5.41, 5.74) is 2.49. The van der Waals surface area contributed by atoms with E-state index in [1.807, 2.05) is 12.1 Å². The number of anilines is 1. The van der Waals surface area contributed by atoms with Gasteiger partial charge in [-0.1, -0.05) is 24.0 Å². The van der Waals surface area contributed by atoms with Crippen LogP contribution < -0.4 is 5.32 Å². The summed E-state index contributed by atoms with van der Waals surface area (Å²) in [4.78, 5) is 25.3. The highest BCUT2D eigenvalue weighted by Gasteiger charge is 2.10. The average molecular weight is 380 g/mol. The number of amides is 2. The van der Waals surface area contributed by atoms with Gasteiger partial charge in [-0.15, -0.1) is 0 Å². The van der Waals surface area contributed by atoms with Crippen molar-refractivity contribution in [3.63, 3.8) is 0 Å². The second-order valence-electron chi connectivity index (χ2n) is 6.39. The van der Waals surface area contributed by atoms with Crippen molar-refractivity contribution in [1.29, 1.82) is 0 Å². The number of rotatable bonds is 5. The van der Waals surface area contributed by atoms with Crippen LogP contribution in [0.3, 0.4) is 0 Å². The molecule has 0 fully saturated rings. The Labute approximate surface area is 165 Å². The van der Waals surface area contributed by atoms with Gasteiger partial charge in [-0.3, -0.25) is 0 Å². The topological polar surface area (TPSA) is 78.9 Å². The van der Waals surface area contributed by atoms with Gasteiger partial charge in [-0.2, -0.15) is 0 Å². The minimum atomic E-state index is -0.452. The summed E-state index contributed by atoms with van der Waals surface area (Å²) < 4.78 is 4.71. The molecule has 0 radical (unpaired) electrons. The number of aliphatic hydroxyl groups is 1. The predicted molar refractivity (Wildman–Crippen MR) is 108 cm³/mol. The van der Waals surface area contributed by atoms with Gasteiger partial charge >= 0.3 is 12.0 Å². The molecule has 2 N–H and O–H groups in total. The van der Waals surface area contributed by atoms with Gasteiger partial charge in [0, 0.05) is 30.4 Å². The normalized spacial score (nSPS) is 11.0. The lowest BCUT2D eigenvalue weighted by Gasteiger charge is -2.18. The molecule has 28 heavy (non-hydrogen) atoms. The number of hydrogen-bond acceptors (Lipinski definition) is 4. The average Bonchev–Trinajstić information content (AvgIpc) is 2.70. The zero-order valence-corrected chi connectivity index (χ0v) is 16.2. The van der Waals surface area contributed by atoms with Crippen LogP contribution in [0.1, 0.15) is 34.8 Å². The largest absolute Gasteiger partial charge is 0.465 e. The van der Waals surface area contributed by atoms with Gasteiger partial charge in [-0.05, 0) is 49.7 Å². The van der Waals surface area contributed by atoms with E-state index in [1.54, 1.807) is 50.4 Å². The second-order valence-corrected chi connectivity index (χ2v) is 6.39. The van der Waals surface area contributed by atoms with Crippen molar-refractivity contribution in [3.8, 4) is 11.8 Å². The standard InChI is InChI=1S/C22H24N2O4/c1-16(25)12-13-24(2)22(27)23-20-9-5-7-18(15-20)11-10-17-6-4-8-19(14-17)21(26)28-3/h4-9,14-16,25H,12-13H2,1-3H3,(H,23,27)/t16-/m1/s1. The molecule has 0 saturated heterocycles. The van der Waals surface area contributed by atoms with Crippen LogP contribution >= 0.6 is 0 Å². The molecule has 2 aromatic carbocycles. The van der Waals surface area contributed by atoms with Crippen LogP contribution in [-0.4, -0.2) is 48.8 Å². The van der Waals surface area contributed by atoms with Crippen molar-refractivity contribution in [2.24, 2.45) is 0 Å². The molecule has 0 aliphatic heterocycles. The lowest BCUT2D eigenvalue weighted by molar-refractivity contribution is 0.0600. The monoisotopic (exact) mass is 380 g/mol. The predicted octanol–water partition coefficient (Wildman–Crippen LogP) is 3.11. The molecule has 0 aliphatic carbocycles. The number of methoxy groups -OCH3 is 1. The molecule has 6 nitrogen and oxygen atoms in total. The highest BCUT2D eigenvalue weighted by molar-refractivity contribution is 5.90. The fourth-order valence-corrected chi connectivity index (χ4v) is 2.36. The van der Waals surface area contributed by atoms with E-state index in [4.69, 9.17) is 4.74 Å². The fraction of sp³-hybridized carbons (Fsp3) is 0.273. The number of esters is 1. The van der Waals surface area contributed by atoms with E-state index in [-0.39, 0.29) is 6.03 Å². The number of hydrogen-bond donors (Lipinski definition) is 2. The summed E-state index contributed by atoms with van der Waals surface area (Å²) in [6.45, 7) is 2.15. The molecule has 2 amide bonds. The van der Waals surface area contributed by atoms with Crippen molar-refractivity contribution >= 4 is 17.7 Å². The van der Waals surface area contributed by atoms with Crippen LogP contribution in [0.25, 0.3) is 0 Å². The quantitative estimate of drug-likeness (QED) is 0.617. The highest BCUT2D eigenvalue weighted by atomic mass is 16.5. The first-order valence-electron chi connectivity index (χ1n) is 8.89. The summed E-state index contributed by atoms with van der Waals surface area (Å²) in [5.74, 6) is 5.63. The van der Waals surface area contributed by atoms with E-state index in [0.717, 1.165) is 5.56 Å². The van der Waals surface area contributed by atoms with E-state index in [2.05, 4.69) is 17.2 Å². The molecular formula is C22H24N2O4. The molecular weight excluding hydrogens is 356 g/mol. The molecule has 1 atom stereocenters. The number of benzene rings is 2. The Morgan fingerprint density at radius 1 is 1.14 bits per heavy atom.